The summed E-state index contributed by atoms with van der Waals surface area (Å²) in [6.07, 6.45) is 0. The molecule has 1 aromatic rings. The summed E-state index contributed by atoms with van der Waals surface area (Å²) in [7, 11) is 0. The number of rotatable bonds is 6. The van der Waals surface area contributed by atoms with E-state index < -0.39 is 0 Å². The van der Waals surface area contributed by atoms with Crippen molar-refractivity contribution in [2.24, 2.45) is 0 Å². The summed E-state index contributed by atoms with van der Waals surface area (Å²) < 4.78 is 6.16. The van der Waals surface area contributed by atoms with Gasteiger partial charge in [-0.05, 0) is 50.4 Å². The Morgan fingerprint density at radius 1 is 1.28 bits per heavy atom. The van der Waals surface area contributed by atoms with Gasteiger partial charge in [0.2, 0.25) is 0 Å². The molecule has 2 nitrogen and oxygen atoms in total. The Labute approximate surface area is 112 Å². The normalized spacial score (nSPS) is 11.9. The molecule has 0 aromatic heterocycles. The highest BCUT2D eigenvalue weighted by Gasteiger charge is 2.20. The molecule has 0 bridgehead atoms. The molecule has 0 unspecified atom stereocenters. The third-order valence-electron chi connectivity index (χ3n) is 3.07. The Hall–Kier alpha value is -1.02. The lowest BCUT2D eigenvalue weighted by molar-refractivity contribution is 0.108. The number of aryl methyl sites for hydroxylation is 1. The summed E-state index contributed by atoms with van der Waals surface area (Å²) in [5, 5.41) is 3.34. The van der Waals surface area contributed by atoms with Crippen molar-refractivity contribution in [3.63, 3.8) is 0 Å². The highest BCUT2D eigenvalue weighted by molar-refractivity contribution is 5.38. The quantitative estimate of drug-likeness (QED) is 0.826. The third kappa shape index (κ3) is 4.34. The summed E-state index contributed by atoms with van der Waals surface area (Å²) >= 11 is 0. The molecular formula is C16H27NO. The lowest BCUT2D eigenvalue weighted by Gasteiger charge is -2.28. The van der Waals surface area contributed by atoms with Crippen molar-refractivity contribution in [1.29, 1.82) is 0 Å². The van der Waals surface area contributed by atoms with E-state index in [1.165, 1.54) is 11.1 Å². The minimum absolute atomic E-state index is 0.184. The molecule has 0 fully saturated rings. The number of hydrogen-bond acceptors (Lipinski definition) is 2. The standard InChI is InChI=1S/C16H27NO/c1-7-17-11-16(5,6)18-15-10-14(12(2)3)9-8-13(15)4/h8-10,12,17H,7,11H2,1-6H3. The zero-order chi connectivity index (χ0) is 13.8. The van der Waals surface area contributed by atoms with E-state index in [-0.39, 0.29) is 5.60 Å². The van der Waals surface area contributed by atoms with Gasteiger partial charge in [-0.15, -0.1) is 0 Å². The maximum absolute atomic E-state index is 6.16. The van der Waals surface area contributed by atoms with Crippen molar-refractivity contribution in [3.05, 3.63) is 29.3 Å². The van der Waals surface area contributed by atoms with Crippen LogP contribution in [-0.2, 0) is 0 Å². The van der Waals surface area contributed by atoms with Crippen LogP contribution >= 0.6 is 0 Å². The molecule has 2 heteroatoms. The molecule has 0 radical (unpaired) electrons. The topological polar surface area (TPSA) is 21.3 Å². The van der Waals surface area contributed by atoms with Gasteiger partial charge in [-0.1, -0.05) is 32.9 Å². The van der Waals surface area contributed by atoms with Crippen LogP contribution < -0.4 is 10.1 Å². The first-order chi connectivity index (χ1) is 8.35. The van der Waals surface area contributed by atoms with Gasteiger partial charge in [0, 0.05) is 6.54 Å². The van der Waals surface area contributed by atoms with E-state index >= 15 is 0 Å². The van der Waals surface area contributed by atoms with E-state index in [0.717, 1.165) is 18.8 Å². The first kappa shape index (κ1) is 15.0. The summed E-state index contributed by atoms with van der Waals surface area (Å²) in [6.45, 7) is 14.7. The molecule has 0 saturated carbocycles. The number of benzene rings is 1. The van der Waals surface area contributed by atoms with Crippen molar-refractivity contribution in [3.8, 4) is 5.75 Å². The molecule has 18 heavy (non-hydrogen) atoms. The lowest BCUT2D eigenvalue weighted by Crippen LogP contribution is -2.40. The molecule has 0 aliphatic heterocycles. The van der Waals surface area contributed by atoms with Gasteiger partial charge in [0.05, 0.1) is 0 Å². The van der Waals surface area contributed by atoms with Crippen LogP contribution in [0, 0.1) is 6.92 Å². The highest BCUT2D eigenvalue weighted by atomic mass is 16.5. The van der Waals surface area contributed by atoms with Gasteiger partial charge in [0.1, 0.15) is 11.4 Å². The van der Waals surface area contributed by atoms with Gasteiger partial charge < -0.3 is 10.1 Å². The fourth-order valence-corrected chi connectivity index (χ4v) is 1.85. The number of nitrogens with one attached hydrogen (secondary N) is 1. The molecule has 0 spiro atoms. The van der Waals surface area contributed by atoms with Crippen molar-refractivity contribution in [2.75, 3.05) is 13.1 Å². The van der Waals surface area contributed by atoms with E-state index in [1.54, 1.807) is 0 Å². The number of ether oxygens (including phenoxy) is 1. The van der Waals surface area contributed by atoms with E-state index in [9.17, 15) is 0 Å². The van der Waals surface area contributed by atoms with E-state index in [2.05, 4.69) is 65.1 Å². The van der Waals surface area contributed by atoms with Crippen molar-refractivity contribution in [2.45, 2.75) is 53.1 Å². The third-order valence-corrected chi connectivity index (χ3v) is 3.07. The largest absolute Gasteiger partial charge is 0.486 e. The second-order valence-electron chi connectivity index (χ2n) is 5.82. The smallest absolute Gasteiger partial charge is 0.123 e. The molecule has 0 heterocycles. The van der Waals surface area contributed by atoms with Crippen LogP contribution in [0.3, 0.4) is 0 Å². The van der Waals surface area contributed by atoms with Crippen LogP contribution in [0.5, 0.6) is 5.75 Å². The van der Waals surface area contributed by atoms with Gasteiger partial charge in [0.25, 0.3) is 0 Å². The molecule has 0 aliphatic rings. The monoisotopic (exact) mass is 249 g/mol. The molecule has 1 aromatic carbocycles. The SMILES string of the molecule is CCNCC(C)(C)Oc1cc(C(C)C)ccc1C. The zero-order valence-corrected chi connectivity index (χ0v) is 12.6. The summed E-state index contributed by atoms with van der Waals surface area (Å²) in [5.74, 6) is 1.54. The van der Waals surface area contributed by atoms with Crippen LogP contribution in [0.2, 0.25) is 0 Å². The van der Waals surface area contributed by atoms with Gasteiger partial charge in [-0.2, -0.15) is 0 Å². The van der Waals surface area contributed by atoms with E-state index in [4.69, 9.17) is 4.74 Å². The average molecular weight is 249 g/mol. The molecule has 1 N–H and O–H groups in total. The Balaban J connectivity index is 2.85. The van der Waals surface area contributed by atoms with E-state index in [1.807, 2.05) is 0 Å². The molecule has 1 rings (SSSR count). The highest BCUT2D eigenvalue weighted by Crippen LogP contribution is 2.27. The van der Waals surface area contributed by atoms with Crippen LogP contribution in [0.25, 0.3) is 0 Å². The molecule has 0 atom stereocenters. The van der Waals surface area contributed by atoms with E-state index in [0.29, 0.717) is 5.92 Å². The van der Waals surface area contributed by atoms with Gasteiger partial charge in [-0.25, -0.2) is 0 Å². The Morgan fingerprint density at radius 3 is 2.50 bits per heavy atom. The molecule has 0 saturated heterocycles. The predicted octanol–water partition coefficient (Wildman–Crippen LogP) is 3.89. The summed E-state index contributed by atoms with van der Waals surface area (Å²) in [6, 6.07) is 6.51. The maximum atomic E-state index is 6.16. The van der Waals surface area contributed by atoms with Crippen molar-refractivity contribution < 1.29 is 4.74 Å². The molecule has 0 aliphatic carbocycles. The summed E-state index contributed by atoms with van der Waals surface area (Å²) in [5.41, 5.74) is 2.34. The van der Waals surface area contributed by atoms with Crippen LogP contribution in [0.15, 0.2) is 18.2 Å². The number of likely N-dealkylation sites (N-methyl/N-ethyl adjacent to an activating group) is 1. The van der Waals surface area contributed by atoms with Crippen molar-refractivity contribution in [1.82, 2.24) is 5.32 Å². The summed E-state index contributed by atoms with van der Waals surface area (Å²) in [4.78, 5) is 0. The Bertz CT molecular complexity index is 383. The van der Waals surface area contributed by atoms with Crippen LogP contribution in [-0.4, -0.2) is 18.7 Å². The number of hydrogen-bond donors (Lipinski definition) is 1. The second-order valence-corrected chi connectivity index (χ2v) is 5.82. The Kier molecular flexibility index (Phi) is 5.21. The van der Waals surface area contributed by atoms with Crippen LogP contribution in [0.1, 0.15) is 51.7 Å². The maximum Gasteiger partial charge on any atom is 0.123 e. The molecular weight excluding hydrogens is 222 g/mol. The second kappa shape index (κ2) is 6.24. The van der Waals surface area contributed by atoms with Crippen molar-refractivity contribution >= 4 is 0 Å². The molecule has 102 valence electrons. The minimum Gasteiger partial charge on any atom is -0.486 e. The first-order valence-corrected chi connectivity index (χ1v) is 6.86. The fraction of sp³-hybridized carbons (Fsp3) is 0.625. The average Bonchev–Trinajstić information content (AvgIpc) is 2.29. The Morgan fingerprint density at radius 2 is 1.94 bits per heavy atom. The predicted molar refractivity (Wildman–Crippen MR) is 78.5 cm³/mol. The molecule has 0 amide bonds. The van der Waals surface area contributed by atoms with Gasteiger partial charge >= 0.3 is 0 Å². The first-order valence-electron chi connectivity index (χ1n) is 6.86. The minimum atomic E-state index is -0.184. The van der Waals surface area contributed by atoms with Gasteiger partial charge in [0.15, 0.2) is 0 Å². The fourth-order valence-electron chi connectivity index (χ4n) is 1.85. The zero-order valence-electron chi connectivity index (χ0n) is 12.6. The van der Waals surface area contributed by atoms with Crippen LogP contribution in [0.4, 0.5) is 0 Å². The van der Waals surface area contributed by atoms with Gasteiger partial charge in [-0.3, -0.25) is 0 Å². The lowest BCUT2D eigenvalue weighted by atomic mass is 10.0.